The van der Waals surface area contributed by atoms with Gasteiger partial charge >= 0.3 is 0 Å². The Kier molecular flexibility index (Phi) is 3.78. The van der Waals surface area contributed by atoms with Crippen LogP contribution < -0.4 is 0 Å². The molecule has 1 aromatic heterocycles. The highest BCUT2D eigenvalue weighted by Crippen LogP contribution is 2.33. The average molecular weight is 317 g/mol. The summed E-state index contributed by atoms with van der Waals surface area (Å²) in [5.41, 5.74) is 4.28. The third-order valence-corrected chi connectivity index (χ3v) is 4.64. The number of nitrogens with zero attached hydrogens (tertiary/aromatic N) is 1. The van der Waals surface area contributed by atoms with E-state index in [1.807, 2.05) is 6.07 Å². The lowest BCUT2D eigenvalue weighted by molar-refractivity contribution is 0.644. The Labute approximate surface area is 136 Å². The van der Waals surface area contributed by atoms with E-state index in [-0.39, 0.29) is 8.81 Å². The molecule has 0 aliphatic heterocycles. The van der Waals surface area contributed by atoms with Gasteiger partial charge in [-0.15, -0.1) is 0 Å². The SMILES string of the molecule is OPCc1ccc2cccc(-c3cccc4ccccc34)c2n1. The molecule has 112 valence electrons. The minimum Gasteiger partial charge on any atom is -0.377 e. The van der Waals surface area contributed by atoms with Gasteiger partial charge in [0.25, 0.3) is 0 Å². The summed E-state index contributed by atoms with van der Waals surface area (Å²) >= 11 is 0. The van der Waals surface area contributed by atoms with E-state index in [1.54, 1.807) is 0 Å². The van der Waals surface area contributed by atoms with Gasteiger partial charge in [0.1, 0.15) is 0 Å². The quantitative estimate of drug-likeness (QED) is 0.531. The third kappa shape index (κ3) is 2.61. The molecule has 1 N–H and O–H groups in total. The van der Waals surface area contributed by atoms with Crippen molar-refractivity contribution in [2.45, 2.75) is 6.16 Å². The summed E-state index contributed by atoms with van der Waals surface area (Å²) in [6.45, 7) is 0. The first-order chi connectivity index (χ1) is 11.4. The second-order valence-corrected chi connectivity index (χ2v) is 6.21. The van der Waals surface area contributed by atoms with E-state index in [2.05, 4.69) is 66.7 Å². The zero-order chi connectivity index (χ0) is 15.6. The molecule has 0 aliphatic carbocycles. The van der Waals surface area contributed by atoms with Gasteiger partial charge in [0, 0.05) is 31.6 Å². The predicted octanol–water partition coefficient (Wildman–Crippen LogP) is 5.14. The minimum absolute atomic E-state index is 0.108. The second kappa shape index (κ2) is 6.08. The van der Waals surface area contributed by atoms with Crippen molar-refractivity contribution in [3.05, 3.63) is 78.5 Å². The molecule has 1 unspecified atom stereocenters. The summed E-state index contributed by atoms with van der Waals surface area (Å²) in [6, 6.07) is 25.2. The maximum atomic E-state index is 9.21. The topological polar surface area (TPSA) is 33.1 Å². The number of para-hydroxylation sites is 1. The molecule has 0 aliphatic rings. The van der Waals surface area contributed by atoms with Gasteiger partial charge in [-0.25, -0.2) is 0 Å². The van der Waals surface area contributed by atoms with Gasteiger partial charge in [-0.2, -0.15) is 0 Å². The van der Waals surface area contributed by atoms with E-state index in [0.29, 0.717) is 6.16 Å². The first kappa shape index (κ1) is 14.3. The van der Waals surface area contributed by atoms with E-state index in [9.17, 15) is 4.89 Å². The van der Waals surface area contributed by atoms with Gasteiger partial charge in [-0.05, 0) is 22.4 Å². The van der Waals surface area contributed by atoms with Gasteiger partial charge in [-0.1, -0.05) is 66.7 Å². The molecular weight excluding hydrogens is 301 g/mol. The summed E-state index contributed by atoms with van der Waals surface area (Å²) in [6.07, 6.45) is 0.611. The monoisotopic (exact) mass is 317 g/mol. The standard InChI is InChI=1S/C20H16NOP/c22-23-13-16-12-11-15-7-4-10-19(20(15)21-16)18-9-3-6-14-5-1-2-8-17(14)18/h1-12,22-23H,13H2. The first-order valence-electron chi connectivity index (χ1n) is 7.60. The molecule has 23 heavy (non-hydrogen) atoms. The fourth-order valence-corrected chi connectivity index (χ4v) is 3.40. The van der Waals surface area contributed by atoms with Crippen molar-refractivity contribution < 1.29 is 4.89 Å². The number of aromatic nitrogens is 1. The van der Waals surface area contributed by atoms with Crippen LogP contribution >= 0.6 is 8.81 Å². The summed E-state index contributed by atoms with van der Waals surface area (Å²) in [5.74, 6) is 0. The molecule has 0 saturated carbocycles. The number of hydrogen-bond donors (Lipinski definition) is 1. The van der Waals surface area contributed by atoms with E-state index in [4.69, 9.17) is 4.98 Å². The summed E-state index contributed by atoms with van der Waals surface area (Å²) < 4.78 is 0. The van der Waals surface area contributed by atoms with Gasteiger partial charge in [0.15, 0.2) is 0 Å². The van der Waals surface area contributed by atoms with Crippen molar-refractivity contribution in [3.8, 4) is 11.1 Å². The highest BCUT2D eigenvalue weighted by molar-refractivity contribution is 7.30. The Morgan fingerprint density at radius 1 is 0.739 bits per heavy atom. The molecule has 1 atom stereocenters. The van der Waals surface area contributed by atoms with E-state index < -0.39 is 0 Å². The molecule has 0 fully saturated rings. The zero-order valence-corrected chi connectivity index (χ0v) is 13.5. The van der Waals surface area contributed by atoms with Crippen molar-refractivity contribution in [3.63, 3.8) is 0 Å². The van der Waals surface area contributed by atoms with Crippen LogP contribution in [0.3, 0.4) is 0 Å². The smallest absolute Gasteiger partial charge is 0.0783 e. The molecule has 1 heterocycles. The van der Waals surface area contributed by atoms with Crippen LogP contribution in [0.2, 0.25) is 0 Å². The Bertz CT molecular complexity index is 992. The minimum atomic E-state index is -0.108. The van der Waals surface area contributed by atoms with Crippen LogP contribution in [0.4, 0.5) is 0 Å². The molecule has 3 aromatic carbocycles. The molecule has 2 nitrogen and oxygen atoms in total. The Morgan fingerprint density at radius 3 is 2.35 bits per heavy atom. The van der Waals surface area contributed by atoms with Crippen molar-refractivity contribution in [2.24, 2.45) is 0 Å². The van der Waals surface area contributed by atoms with Crippen molar-refractivity contribution in [1.82, 2.24) is 4.98 Å². The fourth-order valence-electron chi connectivity index (χ4n) is 3.04. The van der Waals surface area contributed by atoms with Gasteiger partial charge in [-0.3, -0.25) is 4.98 Å². The maximum absolute atomic E-state index is 9.21. The molecule has 0 spiro atoms. The molecular formula is C20H16NOP. The number of pyridine rings is 1. The third-order valence-electron chi connectivity index (χ3n) is 4.12. The Morgan fingerprint density at radius 2 is 1.48 bits per heavy atom. The molecule has 4 aromatic rings. The molecule has 3 heteroatoms. The maximum Gasteiger partial charge on any atom is 0.0783 e. The van der Waals surface area contributed by atoms with Crippen molar-refractivity contribution in [2.75, 3.05) is 0 Å². The highest BCUT2D eigenvalue weighted by Gasteiger charge is 2.09. The lowest BCUT2D eigenvalue weighted by atomic mass is 9.96. The fraction of sp³-hybridized carbons (Fsp3) is 0.0500. The van der Waals surface area contributed by atoms with Crippen LogP contribution in [0, 0.1) is 0 Å². The van der Waals surface area contributed by atoms with Crippen LogP contribution in [-0.4, -0.2) is 9.88 Å². The Hall–Kier alpha value is -2.28. The molecule has 0 bridgehead atoms. The van der Waals surface area contributed by atoms with Gasteiger partial charge in [0.2, 0.25) is 0 Å². The lowest BCUT2D eigenvalue weighted by Crippen LogP contribution is -1.90. The van der Waals surface area contributed by atoms with E-state index in [1.165, 1.54) is 16.3 Å². The molecule has 0 amide bonds. The van der Waals surface area contributed by atoms with Gasteiger partial charge < -0.3 is 4.89 Å². The molecule has 4 rings (SSSR count). The normalized spacial score (nSPS) is 11.7. The molecule has 0 radical (unpaired) electrons. The highest BCUT2D eigenvalue weighted by atomic mass is 31.1. The second-order valence-electron chi connectivity index (χ2n) is 5.54. The van der Waals surface area contributed by atoms with Crippen LogP contribution in [0.15, 0.2) is 72.8 Å². The van der Waals surface area contributed by atoms with Crippen molar-refractivity contribution in [1.29, 1.82) is 0 Å². The summed E-state index contributed by atoms with van der Waals surface area (Å²) in [5, 5.41) is 3.59. The summed E-state index contributed by atoms with van der Waals surface area (Å²) in [7, 11) is -0.108. The van der Waals surface area contributed by atoms with E-state index in [0.717, 1.165) is 22.2 Å². The van der Waals surface area contributed by atoms with Crippen LogP contribution in [-0.2, 0) is 6.16 Å². The van der Waals surface area contributed by atoms with Crippen LogP contribution in [0.25, 0.3) is 32.8 Å². The lowest BCUT2D eigenvalue weighted by Gasteiger charge is -2.10. The average Bonchev–Trinajstić information content (AvgIpc) is 2.61. The number of benzene rings is 3. The van der Waals surface area contributed by atoms with Crippen molar-refractivity contribution >= 4 is 30.5 Å². The Balaban J connectivity index is 2.02. The largest absolute Gasteiger partial charge is 0.377 e. The first-order valence-corrected chi connectivity index (χ1v) is 8.76. The predicted molar refractivity (Wildman–Crippen MR) is 98.9 cm³/mol. The number of fused-ring (bicyclic) bond motifs is 2. The number of hydrogen-bond acceptors (Lipinski definition) is 2. The van der Waals surface area contributed by atoms with Crippen LogP contribution in [0.1, 0.15) is 5.69 Å². The van der Waals surface area contributed by atoms with Crippen LogP contribution in [0.5, 0.6) is 0 Å². The molecule has 0 saturated heterocycles. The van der Waals surface area contributed by atoms with E-state index >= 15 is 0 Å². The number of rotatable bonds is 3. The summed E-state index contributed by atoms with van der Waals surface area (Å²) in [4.78, 5) is 14.0. The van der Waals surface area contributed by atoms with Gasteiger partial charge in [0.05, 0.1) is 5.52 Å². The zero-order valence-electron chi connectivity index (χ0n) is 12.5.